The third-order valence-corrected chi connectivity index (χ3v) is 30.8. The van der Waals surface area contributed by atoms with Gasteiger partial charge in [0.25, 0.3) is 10.0 Å². The molecule has 8 rings (SSSR count). The molecule has 1 aromatic heterocycles. The first-order valence-corrected chi connectivity index (χ1v) is 52.2. The van der Waals surface area contributed by atoms with E-state index in [0.717, 1.165) is 44.8 Å². The van der Waals surface area contributed by atoms with Crippen LogP contribution in [0, 0.1) is 5.41 Å². The first-order chi connectivity index (χ1) is 55.6. The Morgan fingerprint density at radius 3 is 0.863 bits per heavy atom. The van der Waals surface area contributed by atoms with E-state index in [1.165, 1.54) is 25.6 Å². The van der Waals surface area contributed by atoms with Crippen LogP contribution in [0.3, 0.4) is 0 Å². The van der Waals surface area contributed by atoms with Gasteiger partial charge >= 0.3 is 0 Å². The summed E-state index contributed by atoms with van der Waals surface area (Å²) in [6, 6.07) is 26.7. The minimum Gasteiger partial charge on any atom is -0.495 e. The number of aromatic nitrogens is 1. The largest absolute Gasteiger partial charge is 0.495 e. The highest BCUT2D eigenvalue weighted by molar-refractivity contribution is 7.92. The van der Waals surface area contributed by atoms with Gasteiger partial charge in [-0.25, -0.2) is 88.2 Å². The van der Waals surface area contributed by atoms with E-state index in [4.69, 9.17) is 18.9 Å². The summed E-state index contributed by atoms with van der Waals surface area (Å²) in [5, 5.41) is 0.865. The van der Waals surface area contributed by atoms with Gasteiger partial charge in [-0.15, -0.1) is 11.3 Å². The molecule has 1 heterocycles. The van der Waals surface area contributed by atoms with E-state index >= 15 is 0 Å². The second kappa shape index (κ2) is 43.0. The van der Waals surface area contributed by atoms with E-state index in [9.17, 15) is 54.9 Å². The number of methoxy groups -OCH3 is 3. The quantitative estimate of drug-likeness (QED) is 0.0310. The van der Waals surface area contributed by atoms with Crippen molar-refractivity contribution in [3.05, 3.63) is 141 Å². The van der Waals surface area contributed by atoms with Crippen LogP contribution in [-0.4, -0.2) is 129 Å². The maximum absolute atomic E-state index is 13.5. The summed E-state index contributed by atoms with van der Waals surface area (Å²) < 4.78 is 202. The van der Waals surface area contributed by atoms with E-state index in [1.807, 2.05) is 159 Å². The van der Waals surface area contributed by atoms with Gasteiger partial charge in [-0.2, -0.15) is 0 Å². The monoisotopic (exact) mass is 1870 g/mol. The molecule has 2 fully saturated rings. The van der Waals surface area contributed by atoms with Crippen molar-refractivity contribution in [2.45, 2.75) is 389 Å². The lowest BCUT2D eigenvalue weighted by atomic mass is 9.93. The Hall–Kier alpha value is -5.52. The Balaban J connectivity index is 0.000000385. The van der Waals surface area contributed by atoms with Crippen LogP contribution in [0.25, 0.3) is 0 Å². The van der Waals surface area contributed by atoms with Gasteiger partial charge in [0.2, 0.25) is 50.1 Å². The molecule has 5 aromatic carbocycles. The van der Waals surface area contributed by atoms with Crippen molar-refractivity contribution in [1.82, 2.24) is 33.3 Å². The number of ether oxygens (including phenoxy) is 4. The molecule has 2 aliphatic rings. The summed E-state index contributed by atoms with van der Waals surface area (Å²) in [5.41, 5.74) is 3.99. The first kappa shape index (κ1) is 113. The van der Waals surface area contributed by atoms with Crippen LogP contribution in [-0.2, 0) is 70.3 Å². The highest BCUT2D eigenvalue weighted by Crippen LogP contribution is 2.48. The lowest BCUT2D eigenvalue weighted by molar-refractivity contribution is 0.177. The zero-order valence-corrected chi connectivity index (χ0v) is 87.5. The highest BCUT2D eigenvalue weighted by atomic mass is 32.2. The van der Waals surface area contributed by atoms with E-state index < -0.39 is 99.5 Å². The molecule has 31 heteroatoms. The molecule has 4 unspecified atom stereocenters. The third-order valence-electron chi connectivity index (χ3n) is 18.1. The first-order valence-electron chi connectivity index (χ1n) is 42.5. The fourth-order valence-electron chi connectivity index (χ4n) is 12.2. The van der Waals surface area contributed by atoms with E-state index in [1.54, 1.807) is 112 Å². The van der Waals surface area contributed by atoms with Gasteiger partial charge in [-0.05, 0) is 260 Å². The Kier molecular flexibility index (Phi) is 39.1. The van der Waals surface area contributed by atoms with Crippen molar-refractivity contribution >= 4 is 71.5 Å². The number of sulfonamides is 6. The molecule has 124 heavy (non-hydrogen) atoms. The summed E-state index contributed by atoms with van der Waals surface area (Å²) in [6.07, 6.45) is 0.511. The van der Waals surface area contributed by atoms with Gasteiger partial charge < -0.3 is 18.9 Å². The van der Waals surface area contributed by atoms with Crippen molar-refractivity contribution in [3.8, 4) is 17.2 Å². The molecule has 23 nitrogen and oxygen atoms in total. The van der Waals surface area contributed by atoms with E-state index in [2.05, 4.69) is 109 Å². The molecular formula is C93H154FN7O16S7. The third kappa shape index (κ3) is 36.8. The second-order valence-corrected chi connectivity index (χ2v) is 53.6. The molecule has 0 saturated heterocycles. The molecule has 2 aliphatic carbocycles. The van der Waals surface area contributed by atoms with Gasteiger partial charge in [0.15, 0.2) is 4.21 Å². The summed E-state index contributed by atoms with van der Waals surface area (Å²) in [5.74, 6) is 2.89. The van der Waals surface area contributed by atoms with E-state index in [0.29, 0.717) is 74.3 Å². The van der Waals surface area contributed by atoms with Crippen molar-refractivity contribution in [3.63, 3.8) is 0 Å². The van der Waals surface area contributed by atoms with Crippen LogP contribution in [0.5, 0.6) is 17.2 Å². The lowest BCUT2D eigenvalue weighted by Gasteiger charge is -2.24. The molecular weight excluding hydrogens is 1710 g/mol. The normalized spacial score (nSPS) is 16.4. The number of benzene rings is 5. The molecule has 0 aliphatic heterocycles. The number of nitrogens with one attached hydrogen (secondary N) is 6. The second-order valence-electron chi connectivity index (χ2n) is 42.4. The predicted molar refractivity (Wildman–Crippen MR) is 506 cm³/mol. The predicted octanol–water partition coefficient (Wildman–Crippen LogP) is 20.8. The van der Waals surface area contributed by atoms with Crippen molar-refractivity contribution in [2.24, 2.45) is 5.41 Å². The highest BCUT2D eigenvalue weighted by Gasteiger charge is 2.44. The lowest BCUT2D eigenvalue weighted by Crippen LogP contribution is -2.40. The van der Waals surface area contributed by atoms with Gasteiger partial charge in [0.05, 0.1) is 47.4 Å². The smallest absolute Gasteiger partial charge is 0.252 e. The molecule has 706 valence electrons. The van der Waals surface area contributed by atoms with Crippen LogP contribution in [0.15, 0.2) is 120 Å². The van der Waals surface area contributed by atoms with Crippen molar-refractivity contribution in [2.75, 3.05) is 27.9 Å². The average Bonchev–Trinajstić information content (AvgIpc) is 1.53. The number of alkyl halides is 1. The summed E-state index contributed by atoms with van der Waals surface area (Å²) >= 11 is 1.28. The molecule has 0 radical (unpaired) electrons. The van der Waals surface area contributed by atoms with Crippen molar-refractivity contribution in [1.29, 1.82) is 0 Å². The zero-order valence-electron chi connectivity index (χ0n) is 81.8. The zero-order chi connectivity index (χ0) is 96.4. The summed E-state index contributed by atoms with van der Waals surface area (Å²) in [6.45, 7) is 70.0. The summed E-state index contributed by atoms with van der Waals surface area (Å²) in [7, 11) is -16.9. The number of rotatable bonds is 25. The van der Waals surface area contributed by atoms with Crippen LogP contribution in [0.1, 0.15) is 359 Å². The number of nitrogens with zero attached hydrogens (tertiary/aromatic N) is 1. The Bertz CT molecular complexity index is 5160. The minimum atomic E-state index is -3.64. The maximum atomic E-state index is 13.5. The number of thiazole rings is 1. The molecule has 0 amide bonds. The Labute approximate surface area is 753 Å². The van der Waals surface area contributed by atoms with Crippen molar-refractivity contribution < 1.29 is 73.8 Å². The average molecular weight is 1870 g/mol. The number of hydrogen-bond acceptors (Lipinski definition) is 18. The number of hydrogen-bond donors (Lipinski definition) is 6. The van der Waals surface area contributed by atoms with Crippen LogP contribution < -0.4 is 42.5 Å². The minimum absolute atomic E-state index is 0.0493. The molecule has 0 bridgehead atoms. The fraction of sp³-hybridized carbons (Fsp3) is 0.645. The molecule has 6 N–H and O–H groups in total. The maximum Gasteiger partial charge on any atom is 0.252 e. The van der Waals surface area contributed by atoms with Crippen LogP contribution in [0.2, 0.25) is 0 Å². The van der Waals surface area contributed by atoms with E-state index in [-0.39, 0.29) is 60.2 Å². The topological polar surface area (TPSA) is 327 Å². The fourth-order valence-corrected chi connectivity index (χ4v) is 23.6. The Morgan fingerprint density at radius 2 is 0.621 bits per heavy atom. The van der Waals surface area contributed by atoms with Gasteiger partial charge in [-0.3, -0.25) is 0 Å². The molecule has 2 saturated carbocycles. The number of halogens is 1. The van der Waals surface area contributed by atoms with Crippen LogP contribution >= 0.6 is 11.3 Å². The van der Waals surface area contributed by atoms with Gasteiger partial charge in [0.1, 0.15) is 38.1 Å². The molecule has 0 spiro atoms. The molecule has 6 aromatic rings. The Morgan fingerprint density at radius 1 is 0.363 bits per heavy atom. The summed E-state index contributed by atoms with van der Waals surface area (Å²) in [4.78, 5) is 5.72. The SMILES string of the molecule is CC(C)c1ccc(S(=O)(=O)NC(C)(C)C)c(C2CC2F)c1.CC(C)c1ccc(S(=O)(=O)NC(C)(C)C)c(OCC(C)(C)C)c1.CC(C)c1nc(C(C)(C)C)c(S(=O)(=O)NC(C)(C)C)s1.COC1CC1c1cc(C(C)C)ccc1S(=O)(=O)NC(C)(C)C.COc1cc(C(C)C)ccc1S(=O)(=O)NC(C)(C)C.COc1cc(C(C)C)ccc1S(=O)(=O)NC(C)(C)C. The molecule has 4 atom stereocenters. The van der Waals surface area contributed by atoms with Gasteiger partial charge in [-0.1, -0.05) is 167 Å². The standard InChI is InChI=1S/C18H31NO3S.C17H27NO3S.C16H24FNO2S.C14H26N2O2S2.2C14H23NO3S/c1-13(2)14-9-10-16(23(20,21)19-18(6,7)8)15(11-14)22-12-17(3,4)5;1-11(2)12-7-8-16(22(19,20)18-17(3,4)5)14(9-12)13-10-15(13)21-6;1-10(2)11-6-7-15(13(8-11)12-9-14(12)17)21(19,20)18-16(3,4)5;1-9(2)11-15-10(13(3,4)5)12(19-11)20(17,18)16-14(6,7)8;2*1-10(2)11-7-8-13(12(9-11)18-6)19(16,17)15-14(3,4)5/h9-11,13,19H,12H2,1-8H3;7-9,11,13,15,18H,10H2,1-6H3;6-8,10,12,14,18H,9H2,1-5H3;9,16H,1-8H3;2*7-10,15H,1-6H3. The van der Waals surface area contributed by atoms with Gasteiger partial charge in [0, 0.05) is 63.5 Å². The van der Waals surface area contributed by atoms with Crippen LogP contribution in [0.4, 0.5) is 4.39 Å².